The largest absolute Gasteiger partial charge is 0.505 e. The summed E-state index contributed by atoms with van der Waals surface area (Å²) >= 11 is 0. The second-order valence-corrected chi connectivity index (χ2v) is 3.17. The Bertz CT molecular complexity index is 544. The number of phenols is 1. The number of esters is 1. The van der Waals surface area contributed by atoms with Crippen LogP contribution in [0.4, 0.5) is 4.39 Å². The highest BCUT2D eigenvalue weighted by molar-refractivity contribution is 6.03. The molecule has 0 aliphatic carbocycles. The van der Waals surface area contributed by atoms with Crippen LogP contribution in [0.3, 0.4) is 0 Å². The van der Waals surface area contributed by atoms with Gasteiger partial charge >= 0.3 is 5.97 Å². The van der Waals surface area contributed by atoms with Crippen LogP contribution in [0.2, 0.25) is 0 Å². The maximum absolute atomic E-state index is 13.1. The third kappa shape index (κ3) is 1.60. The summed E-state index contributed by atoms with van der Waals surface area (Å²) in [5.41, 5.74) is 0.387. The Morgan fingerprint density at radius 2 is 2.31 bits per heavy atom. The van der Waals surface area contributed by atoms with Gasteiger partial charge in [0.25, 0.3) is 0 Å². The minimum absolute atomic E-state index is 0.149. The highest BCUT2D eigenvalue weighted by Crippen LogP contribution is 2.28. The van der Waals surface area contributed by atoms with Gasteiger partial charge in [0.05, 0.1) is 6.61 Å². The first kappa shape index (κ1) is 10.5. The van der Waals surface area contributed by atoms with Crippen LogP contribution in [0.15, 0.2) is 22.8 Å². The van der Waals surface area contributed by atoms with Gasteiger partial charge in [0.2, 0.25) is 0 Å². The second kappa shape index (κ2) is 3.84. The Hall–Kier alpha value is -2.04. The summed E-state index contributed by atoms with van der Waals surface area (Å²) in [7, 11) is 0. The van der Waals surface area contributed by atoms with Crippen molar-refractivity contribution in [3.8, 4) is 5.75 Å². The molecule has 4 nitrogen and oxygen atoms in total. The molecule has 84 valence electrons. The Morgan fingerprint density at radius 1 is 1.56 bits per heavy atom. The molecule has 1 N–H and O–H groups in total. The summed E-state index contributed by atoms with van der Waals surface area (Å²) in [5, 5.41) is 9.40. The Kier molecular flexibility index (Phi) is 2.52. The van der Waals surface area contributed by atoms with E-state index in [0.29, 0.717) is 0 Å². The number of carbonyl (C=O) groups is 1. The van der Waals surface area contributed by atoms with Gasteiger partial charge in [0.15, 0.2) is 11.6 Å². The highest BCUT2D eigenvalue weighted by atomic mass is 19.1. The minimum Gasteiger partial charge on any atom is -0.505 e. The molecule has 1 aromatic carbocycles. The number of aromatic hydroxyl groups is 1. The van der Waals surface area contributed by atoms with Crippen molar-refractivity contribution >= 4 is 16.9 Å². The number of phenolic OH excluding ortho intramolecular Hbond substituents is 1. The van der Waals surface area contributed by atoms with Crippen LogP contribution in [-0.2, 0) is 4.74 Å². The van der Waals surface area contributed by atoms with Crippen molar-refractivity contribution in [3.05, 3.63) is 29.8 Å². The van der Waals surface area contributed by atoms with Crippen molar-refractivity contribution < 1.29 is 23.4 Å². The van der Waals surface area contributed by atoms with Gasteiger partial charge < -0.3 is 14.3 Å². The topological polar surface area (TPSA) is 59.7 Å². The molecule has 0 atom stereocenters. The van der Waals surface area contributed by atoms with E-state index in [4.69, 9.17) is 14.3 Å². The van der Waals surface area contributed by atoms with E-state index in [9.17, 15) is 9.18 Å². The van der Waals surface area contributed by atoms with Crippen LogP contribution in [-0.4, -0.2) is 17.7 Å². The molecule has 0 amide bonds. The van der Waals surface area contributed by atoms with Crippen molar-refractivity contribution in [2.75, 3.05) is 6.61 Å². The fourth-order valence-corrected chi connectivity index (χ4v) is 1.40. The maximum atomic E-state index is 13.1. The molecule has 16 heavy (non-hydrogen) atoms. The van der Waals surface area contributed by atoms with Gasteiger partial charge in [-0.05, 0) is 13.0 Å². The molecule has 2 rings (SSSR count). The van der Waals surface area contributed by atoms with Gasteiger partial charge in [0.1, 0.15) is 17.4 Å². The molecule has 1 aromatic heterocycles. The lowest BCUT2D eigenvalue weighted by atomic mass is 10.1. The molecule has 0 aliphatic rings. The van der Waals surface area contributed by atoms with Crippen LogP contribution >= 0.6 is 0 Å². The van der Waals surface area contributed by atoms with E-state index < -0.39 is 17.5 Å². The number of halogens is 1. The monoisotopic (exact) mass is 224 g/mol. The van der Waals surface area contributed by atoms with Crippen LogP contribution < -0.4 is 0 Å². The van der Waals surface area contributed by atoms with E-state index in [1.165, 1.54) is 6.26 Å². The number of hydrogen-bond donors (Lipinski definition) is 1. The average Bonchev–Trinajstić information content (AvgIpc) is 2.62. The molecule has 0 fully saturated rings. The van der Waals surface area contributed by atoms with E-state index in [1.54, 1.807) is 6.92 Å². The van der Waals surface area contributed by atoms with Gasteiger partial charge in [0, 0.05) is 11.5 Å². The lowest BCUT2D eigenvalue weighted by Gasteiger charge is -1.99. The third-order valence-electron chi connectivity index (χ3n) is 2.14. The number of rotatable bonds is 2. The van der Waals surface area contributed by atoms with Crippen LogP contribution in [0.25, 0.3) is 11.0 Å². The zero-order valence-electron chi connectivity index (χ0n) is 8.49. The average molecular weight is 224 g/mol. The number of hydrogen-bond acceptors (Lipinski definition) is 4. The summed E-state index contributed by atoms with van der Waals surface area (Å²) < 4.78 is 22.9. The number of furan rings is 1. The van der Waals surface area contributed by atoms with Crippen molar-refractivity contribution in [3.63, 3.8) is 0 Å². The molecule has 0 bridgehead atoms. The molecule has 0 spiro atoms. The van der Waals surface area contributed by atoms with Crippen molar-refractivity contribution in [2.24, 2.45) is 0 Å². The smallest absolute Gasteiger partial charge is 0.342 e. The van der Waals surface area contributed by atoms with E-state index in [-0.39, 0.29) is 23.1 Å². The molecule has 1 heterocycles. The molecule has 0 aliphatic heterocycles. The van der Waals surface area contributed by atoms with Gasteiger partial charge in [-0.3, -0.25) is 0 Å². The first-order valence-electron chi connectivity index (χ1n) is 4.70. The number of carbonyl (C=O) groups excluding carboxylic acids is 1. The van der Waals surface area contributed by atoms with Gasteiger partial charge in [-0.1, -0.05) is 0 Å². The van der Waals surface area contributed by atoms with Crippen LogP contribution in [0.5, 0.6) is 5.75 Å². The van der Waals surface area contributed by atoms with Crippen LogP contribution in [0, 0.1) is 5.82 Å². The number of benzene rings is 1. The minimum atomic E-state index is -0.806. The molecule has 2 aromatic rings. The van der Waals surface area contributed by atoms with E-state index in [2.05, 4.69) is 0 Å². The zero-order chi connectivity index (χ0) is 11.7. The summed E-state index contributed by atoms with van der Waals surface area (Å²) in [6, 6.07) is 2.16. The standard InChI is InChI=1S/C11H9FO4/c1-2-15-11(14)7-5-16-10-4-9(13)8(12)3-6(7)10/h3-5,13H,2H2,1H3. The van der Waals surface area contributed by atoms with Crippen molar-refractivity contribution in [1.29, 1.82) is 0 Å². The third-order valence-corrected chi connectivity index (χ3v) is 2.14. The normalized spacial score (nSPS) is 10.6. The summed E-state index contributed by atoms with van der Waals surface area (Å²) in [5.74, 6) is -1.90. The first-order chi connectivity index (χ1) is 7.63. The summed E-state index contributed by atoms with van der Waals surface area (Å²) in [6.45, 7) is 1.90. The maximum Gasteiger partial charge on any atom is 0.342 e. The fourth-order valence-electron chi connectivity index (χ4n) is 1.40. The molecule has 0 saturated carbocycles. The number of fused-ring (bicyclic) bond motifs is 1. The van der Waals surface area contributed by atoms with Gasteiger partial charge in [-0.15, -0.1) is 0 Å². The summed E-state index contributed by atoms with van der Waals surface area (Å²) in [6.07, 6.45) is 1.18. The molecular formula is C11H9FO4. The van der Waals surface area contributed by atoms with E-state index in [0.717, 1.165) is 12.1 Å². The molecular weight excluding hydrogens is 215 g/mol. The van der Waals surface area contributed by atoms with Crippen molar-refractivity contribution in [1.82, 2.24) is 0 Å². The molecule has 0 unspecified atom stereocenters. The lowest BCUT2D eigenvalue weighted by molar-refractivity contribution is 0.0527. The van der Waals surface area contributed by atoms with Gasteiger partial charge in [-0.2, -0.15) is 0 Å². The predicted octanol–water partition coefficient (Wildman–Crippen LogP) is 2.45. The van der Waals surface area contributed by atoms with Crippen LogP contribution in [0.1, 0.15) is 17.3 Å². The fraction of sp³-hybridized carbons (Fsp3) is 0.182. The summed E-state index contributed by atoms with van der Waals surface area (Å²) in [4.78, 5) is 11.4. The Balaban J connectivity index is 2.56. The van der Waals surface area contributed by atoms with E-state index in [1.807, 2.05) is 0 Å². The zero-order valence-corrected chi connectivity index (χ0v) is 8.49. The predicted molar refractivity (Wildman–Crippen MR) is 53.8 cm³/mol. The second-order valence-electron chi connectivity index (χ2n) is 3.17. The Labute approximate surface area is 90.2 Å². The number of ether oxygens (including phenoxy) is 1. The molecule has 0 radical (unpaired) electrons. The van der Waals surface area contributed by atoms with E-state index >= 15 is 0 Å². The molecule has 5 heteroatoms. The molecule has 0 saturated heterocycles. The lowest BCUT2D eigenvalue weighted by Crippen LogP contribution is -2.03. The first-order valence-corrected chi connectivity index (χ1v) is 4.70. The SMILES string of the molecule is CCOC(=O)c1coc2cc(O)c(F)cc12. The Morgan fingerprint density at radius 3 is 3.00 bits per heavy atom. The van der Waals surface area contributed by atoms with Crippen molar-refractivity contribution in [2.45, 2.75) is 6.92 Å². The quantitative estimate of drug-likeness (QED) is 0.796. The van der Waals surface area contributed by atoms with Gasteiger partial charge in [-0.25, -0.2) is 9.18 Å². The highest BCUT2D eigenvalue weighted by Gasteiger charge is 2.16.